The molecule has 0 amide bonds. The SMILES string of the molecule is O=C(CCN1CCC(O)CC1)c1cccs1. The zero-order valence-corrected chi connectivity index (χ0v) is 10.1. The maximum Gasteiger partial charge on any atom is 0.174 e. The van der Waals surface area contributed by atoms with Crippen LogP contribution in [-0.4, -0.2) is 41.5 Å². The number of ketones is 1. The van der Waals surface area contributed by atoms with Crippen LogP contribution in [0.25, 0.3) is 0 Å². The van der Waals surface area contributed by atoms with Gasteiger partial charge in [0.2, 0.25) is 0 Å². The van der Waals surface area contributed by atoms with Crippen LogP contribution in [0.5, 0.6) is 0 Å². The van der Waals surface area contributed by atoms with Gasteiger partial charge in [0.1, 0.15) is 0 Å². The van der Waals surface area contributed by atoms with E-state index >= 15 is 0 Å². The van der Waals surface area contributed by atoms with Crippen LogP contribution < -0.4 is 0 Å². The summed E-state index contributed by atoms with van der Waals surface area (Å²) < 4.78 is 0. The lowest BCUT2D eigenvalue weighted by Crippen LogP contribution is -2.37. The van der Waals surface area contributed by atoms with Crippen molar-refractivity contribution in [1.82, 2.24) is 4.90 Å². The van der Waals surface area contributed by atoms with E-state index in [1.165, 1.54) is 11.3 Å². The molecule has 0 saturated carbocycles. The maximum atomic E-state index is 11.7. The van der Waals surface area contributed by atoms with E-state index in [1.807, 2.05) is 17.5 Å². The minimum atomic E-state index is -0.135. The first-order valence-electron chi connectivity index (χ1n) is 5.73. The number of thiophene rings is 1. The normalized spacial score (nSPS) is 18.8. The Labute approximate surface area is 99.7 Å². The molecule has 2 heterocycles. The fourth-order valence-corrected chi connectivity index (χ4v) is 2.66. The average Bonchev–Trinajstić information content (AvgIpc) is 2.81. The van der Waals surface area contributed by atoms with E-state index in [2.05, 4.69) is 4.90 Å². The van der Waals surface area contributed by atoms with Crippen LogP contribution in [0.2, 0.25) is 0 Å². The molecular weight excluding hydrogens is 222 g/mol. The molecule has 1 fully saturated rings. The Morgan fingerprint density at radius 1 is 1.50 bits per heavy atom. The second-order valence-electron chi connectivity index (χ2n) is 4.22. The second kappa shape index (κ2) is 5.57. The molecule has 0 unspecified atom stereocenters. The fourth-order valence-electron chi connectivity index (χ4n) is 1.96. The predicted molar refractivity (Wildman–Crippen MR) is 64.9 cm³/mol. The lowest BCUT2D eigenvalue weighted by atomic mass is 10.1. The molecule has 0 atom stereocenters. The first-order chi connectivity index (χ1) is 7.75. The van der Waals surface area contributed by atoms with Crippen molar-refractivity contribution < 1.29 is 9.90 Å². The highest BCUT2D eigenvalue weighted by Crippen LogP contribution is 2.14. The minimum absolute atomic E-state index is 0.135. The molecule has 4 heteroatoms. The van der Waals surface area contributed by atoms with Crippen molar-refractivity contribution >= 4 is 17.1 Å². The summed E-state index contributed by atoms with van der Waals surface area (Å²) in [5.41, 5.74) is 0. The van der Waals surface area contributed by atoms with E-state index in [-0.39, 0.29) is 11.9 Å². The first kappa shape index (κ1) is 11.8. The van der Waals surface area contributed by atoms with Gasteiger partial charge in [-0.1, -0.05) is 6.07 Å². The molecule has 2 rings (SSSR count). The van der Waals surface area contributed by atoms with E-state index in [9.17, 15) is 9.90 Å². The molecule has 1 N–H and O–H groups in total. The zero-order valence-electron chi connectivity index (χ0n) is 9.26. The molecule has 0 radical (unpaired) electrons. The molecule has 16 heavy (non-hydrogen) atoms. The topological polar surface area (TPSA) is 40.5 Å². The summed E-state index contributed by atoms with van der Waals surface area (Å²) in [5.74, 6) is 0.237. The minimum Gasteiger partial charge on any atom is -0.393 e. The number of aliphatic hydroxyl groups is 1. The second-order valence-corrected chi connectivity index (χ2v) is 5.17. The molecule has 0 aliphatic carbocycles. The Balaban J connectivity index is 1.73. The third-order valence-corrected chi connectivity index (χ3v) is 3.92. The Bertz CT molecular complexity index is 329. The quantitative estimate of drug-likeness (QED) is 0.814. The van der Waals surface area contributed by atoms with Crippen LogP contribution >= 0.6 is 11.3 Å². The first-order valence-corrected chi connectivity index (χ1v) is 6.61. The smallest absolute Gasteiger partial charge is 0.174 e. The largest absolute Gasteiger partial charge is 0.393 e. The summed E-state index contributed by atoms with van der Waals surface area (Å²) in [6.07, 6.45) is 2.14. The molecule has 88 valence electrons. The summed E-state index contributed by atoms with van der Waals surface area (Å²) in [7, 11) is 0. The van der Waals surface area contributed by atoms with Gasteiger partial charge in [0.05, 0.1) is 11.0 Å². The van der Waals surface area contributed by atoms with Gasteiger partial charge in [0.15, 0.2) is 5.78 Å². The van der Waals surface area contributed by atoms with Gasteiger partial charge in [-0.3, -0.25) is 4.79 Å². The Hall–Kier alpha value is -0.710. The third-order valence-electron chi connectivity index (χ3n) is 3.01. The van der Waals surface area contributed by atoms with E-state index in [0.717, 1.165) is 37.4 Å². The highest BCUT2D eigenvalue weighted by Gasteiger charge is 2.17. The molecule has 0 spiro atoms. The van der Waals surface area contributed by atoms with E-state index in [0.29, 0.717) is 6.42 Å². The van der Waals surface area contributed by atoms with Crippen molar-refractivity contribution in [2.75, 3.05) is 19.6 Å². The van der Waals surface area contributed by atoms with Gasteiger partial charge in [-0.2, -0.15) is 0 Å². The standard InChI is InChI=1S/C12H17NO2S/c14-10-3-6-13(7-4-10)8-5-11(15)12-2-1-9-16-12/h1-2,9-10,14H,3-8H2. The molecule has 1 saturated heterocycles. The number of hydrogen-bond donors (Lipinski definition) is 1. The lowest BCUT2D eigenvalue weighted by molar-refractivity contribution is 0.0779. The number of carbonyl (C=O) groups excluding carboxylic acids is 1. The van der Waals surface area contributed by atoms with E-state index < -0.39 is 0 Å². The van der Waals surface area contributed by atoms with Gasteiger partial charge >= 0.3 is 0 Å². The molecular formula is C12H17NO2S. The van der Waals surface area contributed by atoms with Gasteiger partial charge in [-0.05, 0) is 24.3 Å². The summed E-state index contributed by atoms with van der Waals surface area (Å²) >= 11 is 1.51. The van der Waals surface area contributed by atoms with Gasteiger partial charge in [-0.15, -0.1) is 11.3 Å². The van der Waals surface area contributed by atoms with Crippen LogP contribution in [0, 0.1) is 0 Å². The van der Waals surface area contributed by atoms with Crippen molar-refractivity contribution in [2.45, 2.75) is 25.4 Å². The number of aliphatic hydroxyl groups excluding tert-OH is 1. The van der Waals surface area contributed by atoms with Crippen molar-refractivity contribution in [2.24, 2.45) is 0 Å². The molecule has 0 aromatic carbocycles. The summed E-state index contributed by atoms with van der Waals surface area (Å²) in [5, 5.41) is 11.3. The van der Waals surface area contributed by atoms with Crippen molar-refractivity contribution in [1.29, 1.82) is 0 Å². The van der Waals surface area contributed by atoms with Gasteiger partial charge in [-0.25, -0.2) is 0 Å². The lowest BCUT2D eigenvalue weighted by Gasteiger charge is -2.29. The number of likely N-dealkylation sites (tertiary alicyclic amines) is 1. The Morgan fingerprint density at radius 2 is 2.25 bits per heavy atom. The number of nitrogens with zero attached hydrogens (tertiary/aromatic N) is 1. The van der Waals surface area contributed by atoms with Crippen molar-refractivity contribution in [3.63, 3.8) is 0 Å². The molecule has 1 aliphatic rings. The summed E-state index contributed by atoms with van der Waals surface area (Å²) in [6, 6.07) is 3.79. The number of piperidine rings is 1. The summed E-state index contributed by atoms with van der Waals surface area (Å²) in [4.78, 5) is 14.9. The van der Waals surface area contributed by atoms with Crippen LogP contribution in [0.4, 0.5) is 0 Å². The maximum absolute atomic E-state index is 11.7. The van der Waals surface area contributed by atoms with Gasteiger partial charge in [0.25, 0.3) is 0 Å². The highest BCUT2D eigenvalue weighted by molar-refractivity contribution is 7.12. The Kier molecular flexibility index (Phi) is 4.09. The highest BCUT2D eigenvalue weighted by atomic mass is 32.1. The number of rotatable bonds is 4. The predicted octanol–water partition coefficient (Wildman–Crippen LogP) is 1.78. The Morgan fingerprint density at radius 3 is 2.88 bits per heavy atom. The van der Waals surface area contributed by atoms with Crippen LogP contribution in [-0.2, 0) is 0 Å². The van der Waals surface area contributed by atoms with E-state index in [4.69, 9.17) is 0 Å². The van der Waals surface area contributed by atoms with Crippen LogP contribution in [0.1, 0.15) is 28.9 Å². The van der Waals surface area contributed by atoms with Gasteiger partial charge < -0.3 is 10.0 Å². The molecule has 1 aromatic rings. The van der Waals surface area contributed by atoms with Gasteiger partial charge in [0, 0.05) is 26.1 Å². The monoisotopic (exact) mass is 239 g/mol. The van der Waals surface area contributed by atoms with E-state index in [1.54, 1.807) is 0 Å². The molecule has 3 nitrogen and oxygen atoms in total. The number of Topliss-reactive ketones (excluding diaryl/α,β-unsaturated/α-hetero) is 1. The number of hydrogen-bond acceptors (Lipinski definition) is 4. The molecule has 1 aromatic heterocycles. The van der Waals surface area contributed by atoms with Crippen LogP contribution in [0.3, 0.4) is 0 Å². The van der Waals surface area contributed by atoms with Crippen molar-refractivity contribution in [3.8, 4) is 0 Å². The molecule has 1 aliphatic heterocycles. The third kappa shape index (κ3) is 3.14. The number of carbonyl (C=O) groups is 1. The van der Waals surface area contributed by atoms with Crippen molar-refractivity contribution in [3.05, 3.63) is 22.4 Å². The zero-order chi connectivity index (χ0) is 11.4. The summed E-state index contributed by atoms with van der Waals surface area (Å²) in [6.45, 7) is 2.65. The average molecular weight is 239 g/mol. The molecule has 0 bridgehead atoms. The fraction of sp³-hybridized carbons (Fsp3) is 0.583. The van der Waals surface area contributed by atoms with Crippen LogP contribution in [0.15, 0.2) is 17.5 Å².